The molecule has 17 saturated carbocycles. The van der Waals surface area contributed by atoms with E-state index in [0.717, 1.165) is 0 Å². The van der Waals surface area contributed by atoms with Crippen LogP contribution in [0.25, 0.3) is 0 Å². The van der Waals surface area contributed by atoms with E-state index in [1.807, 2.05) is 0 Å². The molecule has 0 aromatic heterocycles. The number of ether oxygens (including phenoxy) is 1. The molecule has 19 aliphatic rings. The standard InChI is InChI=1S/C12H18.2C10H16.C8H16.C7H12.C7H14.C6H10O.C6H12.C5H10/c1-2-8-5-7(1)11-9-3-4-10(6-9)12(8)11;1-7-2-9-4-8(1)5-10(3-7)6-9;1-2-9-7-4-5-8(6-7)10(9)3-1;1-2-4-6-8-7-5-3-1;1-2-7-4-3-6(1)5-7;1-2-4-6-7-5-3-1;1-2-6-4-3-5(1)7-6;1-2-4-6-5-3-1;1-2-4-5-3-1/h7-12H,1-6H2;2*7-10H,1-6H2;1-8H2;6-7H,1-5H2;1-7H2;5-6H,1-4H2;1-6H2;1-5H2. The third-order valence-electron chi connectivity index (χ3n) is 25.1. The third kappa shape index (κ3) is 16.3. The second-order valence-corrected chi connectivity index (χ2v) is 30.1. The molecule has 19 fully saturated rings. The van der Waals surface area contributed by atoms with Crippen molar-refractivity contribution in [2.45, 2.75) is 353 Å². The van der Waals surface area contributed by atoms with E-state index >= 15 is 0 Å². The lowest BCUT2D eigenvalue weighted by Gasteiger charge is -2.49. The summed E-state index contributed by atoms with van der Waals surface area (Å²) in [5, 5.41) is 0. The largest absolute Gasteiger partial charge is 0.375 e. The summed E-state index contributed by atoms with van der Waals surface area (Å²) in [6.07, 6.45) is 82.4. The Balaban J connectivity index is 0.0000000944. The van der Waals surface area contributed by atoms with Crippen LogP contribution in [-0.2, 0) is 4.74 Å². The van der Waals surface area contributed by atoms with Gasteiger partial charge >= 0.3 is 0 Å². The van der Waals surface area contributed by atoms with Crippen molar-refractivity contribution in [2.75, 3.05) is 0 Å². The van der Waals surface area contributed by atoms with Crippen molar-refractivity contribution in [3.8, 4) is 0 Å². The summed E-state index contributed by atoms with van der Waals surface area (Å²) >= 11 is 0. The van der Waals surface area contributed by atoms with Gasteiger partial charge in [0.2, 0.25) is 0 Å². The molecule has 19 rings (SSSR count). The normalized spacial score (nSPS) is 45.0. The average Bonchev–Trinajstić information content (AvgIpc) is 4.25. The van der Waals surface area contributed by atoms with Crippen LogP contribution in [0.5, 0.6) is 0 Å². The zero-order chi connectivity index (χ0) is 48.6. The van der Waals surface area contributed by atoms with Gasteiger partial charge in [-0.05, 0) is 236 Å². The molecule has 14 bridgehead atoms. The molecule has 2 aliphatic heterocycles. The highest BCUT2D eigenvalue weighted by atomic mass is 16.5. The van der Waals surface area contributed by atoms with Crippen LogP contribution in [0.15, 0.2) is 0 Å². The van der Waals surface area contributed by atoms with Crippen molar-refractivity contribution in [3.05, 3.63) is 0 Å². The van der Waals surface area contributed by atoms with Crippen molar-refractivity contribution in [2.24, 2.45) is 94.7 Å². The first kappa shape index (κ1) is 55.3. The van der Waals surface area contributed by atoms with Crippen molar-refractivity contribution in [1.29, 1.82) is 0 Å². The summed E-state index contributed by atoms with van der Waals surface area (Å²) in [6.45, 7) is 0. The highest BCUT2D eigenvalue weighted by Crippen LogP contribution is 2.67. The van der Waals surface area contributed by atoms with Crippen molar-refractivity contribution in [3.63, 3.8) is 0 Å². The molecular formula is C71H124O. The van der Waals surface area contributed by atoms with Crippen LogP contribution in [0.1, 0.15) is 340 Å². The Hall–Kier alpha value is -0.0400. The highest BCUT2D eigenvalue weighted by Gasteiger charge is 2.59. The minimum atomic E-state index is 0.671. The molecule has 0 amide bonds. The van der Waals surface area contributed by atoms with Crippen LogP contribution < -0.4 is 0 Å². The minimum absolute atomic E-state index is 0.671. The van der Waals surface area contributed by atoms with E-state index in [9.17, 15) is 0 Å². The fourth-order valence-electron chi connectivity index (χ4n) is 21.9. The van der Waals surface area contributed by atoms with Gasteiger partial charge in [-0.15, -0.1) is 0 Å². The summed E-state index contributed by atoms with van der Waals surface area (Å²) in [5.74, 6) is 19.1. The molecular weight excluding hydrogens is 869 g/mol. The lowest BCUT2D eigenvalue weighted by molar-refractivity contribution is 0.0198. The predicted octanol–water partition coefficient (Wildman–Crippen LogP) is 22.4. The van der Waals surface area contributed by atoms with E-state index < -0.39 is 0 Å². The first-order chi connectivity index (χ1) is 35.7. The SMILES string of the molecule is C1C2CC3CC1CC(C2)C3.C1CC2C3CCC(C3)C2C1.C1CC2CC1C1C3CCC(C3)C21.C1CC2CCC1C2.C1CC2CCC1O2.C1CCCC1.C1CCCCC1.C1CCCCCC1.C1CCCCCCC1. The van der Waals surface area contributed by atoms with Gasteiger partial charge in [-0.25, -0.2) is 0 Å². The first-order valence-corrected chi connectivity index (χ1v) is 35.3. The van der Waals surface area contributed by atoms with Crippen LogP contribution in [0.2, 0.25) is 0 Å². The summed E-state index contributed by atoms with van der Waals surface area (Å²) < 4.78 is 5.47. The Bertz CT molecular complexity index is 1220. The second kappa shape index (κ2) is 29.8. The maximum absolute atomic E-state index is 5.47. The van der Waals surface area contributed by atoms with E-state index in [2.05, 4.69) is 0 Å². The second-order valence-electron chi connectivity index (χ2n) is 30.1. The minimum Gasteiger partial charge on any atom is -0.375 e. The van der Waals surface area contributed by atoms with E-state index in [1.54, 1.807) is 148 Å². The summed E-state index contributed by atoms with van der Waals surface area (Å²) in [6, 6.07) is 0. The number of hydrogen-bond donors (Lipinski definition) is 0. The fraction of sp³-hybridized carbons (Fsp3) is 1.00. The molecule has 1 heteroatoms. The van der Waals surface area contributed by atoms with Crippen LogP contribution in [0.3, 0.4) is 0 Å². The van der Waals surface area contributed by atoms with Crippen molar-refractivity contribution < 1.29 is 4.74 Å². The average molecular weight is 994 g/mol. The van der Waals surface area contributed by atoms with Gasteiger partial charge in [0.15, 0.2) is 0 Å². The Labute approximate surface area is 449 Å². The summed E-state index contributed by atoms with van der Waals surface area (Å²) in [4.78, 5) is 0. The molecule has 2 heterocycles. The lowest BCUT2D eigenvalue weighted by atomic mass is 9.56. The molecule has 0 spiro atoms. The van der Waals surface area contributed by atoms with Gasteiger partial charge < -0.3 is 4.74 Å². The molecule has 72 heavy (non-hydrogen) atoms. The zero-order valence-corrected chi connectivity index (χ0v) is 48.3. The highest BCUT2D eigenvalue weighted by molar-refractivity contribution is 5.08. The third-order valence-corrected chi connectivity index (χ3v) is 25.1. The van der Waals surface area contributed by atoms with Gasteiger partial charge in [-0.1, -0.05) is 199 Å². The van der Waals surface area contributed by atoms with Gasteiger partial charge in [-0.3, -0.25) is 0 Å². The van der Waals surface area contributed by atoms with Crippen molar-refractivity contribution >= 4 is 0 Å². The maximum atomic E-state index is 5.47. The smallest absolute Gasteiger partial charge is 0.0580 e. The van der Waals surface area contributed by atoms with Crippen LogP contribution >= 0.6 is 0 Å². The summed E-state index contributed by atoms with van der Waals surface area (Å²) in [7, 11) is 0. The number of hydrogen-bond acceptors (Lipinski definition) is 1. The number of rotatable bonds is 0. The maximum Gasteiger partial charge on any atom is 0.0580 e. The summed E-state index contributed by atoms with van der Waals surface area (Å²) in [5.41, 5.74) is 0. The molecule has 17 aliphatic carbocycles. The molecule has 1 nitrogen and oxygen atoms in total. The molecule has 0 radical (unpaired) electrons. The Kier molecular flexibility index (Phi) is 22.9. The monoisotopic (exact) mass is 993 g/mol. The fourth-order valence-corrected chi connectivity index (χ4v) is 21.9. The molecule has 8 unspecified atom stereocenters. The topological polar surface area (TPSA) is 9.23 Å². The van der Waals surface area contributed by atoms with Crippen LogP contribution in [0.4, 0.5) is 0 Å². The first-order valence-electron chi connectivity index (χ1n) is 35.3. The van der Waals surface area contributed by atoms with Gasteiger partial charge in [0.1, 0.15) is 0 Å². The Morgan fingerprint density at radius 2 is 0.389 bits per heavy atom. The molecule has 0 N–H and O–H groups in total. The molecule has 414 valence electrons. The van der Waals surface area contributed by atoms with E-state index in [-0.39, 0.29) is 0 Å². The Morgan fingerprint density at radius 1 is 0.167 bits per heavy atom. The van der Waals surface area contributed by atoms with Crippen molar-refractivity contribution in [1.82, 2.24) is 0 Å². The quantitative estimate of drug-likeness (QED) is 0.174. The van der Waals surface area contributed by atoms with E-state index in [0.29, 0.717) is 12.2 Å². The van der Waals surface area contributed by atoms with Gasteiger partial charge in [0.25, 0.3) is 0 Å². The van der Waals surface area contributed by atoms with Gasteiger partial charge in [0, 0.05) is 0 Å². The molecule has 0 aromatic carbocycles. The molecule has 2 saturated heterocycles. The predicted molar refractivity (Wildman–Crippen MR) is 309 cm³/mol. The van der Waals surface area contributed by atoms with E-state index in [4.69, 9.17) is 4.74 Å². The lowest BCUT2D eigenvalue weighted by Crippen LogP contribution is -2.38. The van der Waals surface area contributed by atoms with Gasteiger partial charge in [0.05, 0.1) is 12.2 Å². The van der Waals surface area contributed by atoms with Crippen LogP contribution in [-0.4, -0.2) is 12.2 Å². The van der Waals surface area contributed by atoms with Gasteiger partial charge in [-0.2, -0.15) is 0 Å². The molecule has 0 aromatic rings. The number of fused-ring (bicyclic) bond motifs is 18. The van der Waals surface area contributed by atoms with E-state index in [1.165, 1.54) is 287 Å². The Morgan fingerprint density at radius 3 is 0.597 bits per heavy atom. The van der Waals surface area contributed by atoms with Crippen LogP contribution in [0, 0.1) is 94.7 Å². The zero-order valence-electron chi connectivity index (χ0n) is 48.3. The molecule has 8 atom stereocenters.